The fourth-order valence-electron chi connectivity index (χ4n) is 9.71. The number of hydrogen-bond acceptors (Lipinski definition) is 1. The maximum absolute atomic E-state index is 2.53. The molecule has 0 N–H and O–H groups in total. The fraction of sp³-hybridized carbons (Fsp3) is 0. The summed E-state index contributed by atoms with van der Waals surface area (Å²) < 4.78 is 0. The highest BCUT2D eigenvalue weighted by molar-refractivity contribution is 6.21. The van der Waals surface area contributed by atoms with Crippen LogP contribution < -0.4 is 4.90 Å². The summed E-state index contributed by atoms with van der Waals surface area (Å²) in [5, 5.41) is 14.9. The van der Waals surface area contributed by atoms with E-state index in [4.69, 9.17) is 0 Å². The van der Waals surface area contributed by atoms with Crippen LogP contribution in [0.25, 0.3) is 98.0 Å². The monoisotopic (exact) mass is 773 g/mol. The molecule has 0 amide bonds. The highest BCUT2D eigenvalue weighted by Gasteiger charge is 2.25. The van der Waals surface area contributed by atoms with Gasteiger partial charge in [0.2, 0.25) is 0 Å². The van der Waals surface area contributed by atoms with Crippen molar-refractivity contribution in [3.8, 4) is 33.4 Å². The van der Waals surface area contributed by atoms with Gasteiger partial charge in [-0.05, 0) is 112 Å². The van der Waals surface area contributed by atoms with Crippen molar-refractivity contribution in [3.05, 3.63) is 237 Å². The molecule has 0 aromatic heterocycles. The molecule has 0 aliphatic heterocycles. The third-order valence-electron chi connectivity index (χ3n) is 12.6. The molecule has 1 nitrogen and oxygen atoms in total. The smallest absolute Gasteiger partial charge is 0.0619 e. The van der Waals surface area contributed by atoms with Gasteiger partial charge >= 0.3 is 0 Å². The Morgan fingerprint density at radius 1 is 0.246 bits per heavy atom. The van der Waals surface area contributed by atoms with E-state index in [0.717, 1.165) is 17.1 Å². The lowest BCUT2D eigenvalue weighted by Gasteiger charge is -2.31. The first-order valence-electron chi connectivity index (χ1n) is 21.1. The number of rotatable bonds is 6. The average Bonchev–Trinajstić information content (AvgIpc) is 3.34. The number of nitrogens with zero attached hydrogens (tertiary/aromatic N) is 1. The molecule has 284 valence electrons. The highest BCUT2D eigenvalue weighted by Crippen LogP contribution is 2.50. The first kappa shape index (κ1) is 35.0. The van der Waals surface area contributed by atoms with Crippen molar-refractivity contribution in [3.63, 3.8) is 0 Å². The van der Waals surface area contributed by atoms with Crippen molar-refractivity contribution >= 4 is 81.7 Å². The Kier molecular flexibility index (Phi) is 8.25. The third kappa shape index (κ3) is 5.86. The van der Waals surface area contributed by atoms with E-state index in [2.05, 4.69) is 241 Å². The maximum atomic E-state index is 2.53. The lowest BCUT2D eigenvalue weighted by atomic mass is 9.89. The first-order valence-corrected chi connectivity index (χ1v) is 21.1. The van der Waals surface area contributed by atoms with Crippen LogP contribution in [0, 0.1) is 0 Å². The van der Waals surface area contributed by atoms with E-state index in [1.165, 1.54) is 98.0 Å². The highest BCUT2D eigenvalue weighted by atomic mass is 15.1. The minimum Gasteiger partial charge on any atom is -0.309 e. The molecule has 0 spiro atoms. The summed E-state index contributed by atoms with van der Waals surface area (Å²) in [6.45, 7) is 0. The van der Waals surface area contributed by atoms with Crippen molar-refractivity contribution in [2.24, 2.45) is 0 Å². The predicted molar refractivity (Wildman–Crippen MR) is 262 cm³/mol. The largest absolute Gasteiger partial charge is 0.309 e. The molecule has 12 aromatic carbocycles. The summed E-state index contributed by atoms with van der Waals surface area (Å²) in [5.41, 5.74) is 10.5. The van der Waals surface area contributed by atoms with E-state index in [-0.39, 0.29) is 0 Å². The quantitative estimate of drug-likeness (QED) is 0.152. The zero-order chi connectivity index (χ0) is 40.3. The van der Waals surface area contributed by atoms with Crippen molar-refractivity contribution in [1.29, 1.82) is 0 Å². The SMILES string of the molecule is c1ccc(-c2cc(-c3ccccc3)c3ccccc3c2N(c2ccc(-c3ccc4ccc5ccc6ccccc6c5c4c3)cc2)c2cc3ccccc3c3ccccc23)cc1. The van der Waals surface area contributed by atoms with Gasteiger partial charge in [-0.15, -0.1) is 0 Å². The lowest BCUT2D eigenvalue weighted by Crippen LogP contribution is -2.13. The van der Waals surface area contributed by atoms with E-state index >= 15 is 0 Å². The molecule has 0 fully saturated rings. The van der Waals surface area contributed by atoms with Crippen molar-refractivity contribution in [2.75, 3.05) is 4.90 Å². The second-order valence-corrected chi connectivity index (χ2v) is 16.0. The standard InChI is InChI=1S/C60H39N/c1-3-15-41(16-4-1)55-39-57(42-17-5-2-6-18-42)60(54-26-14-12-24-52(54)55)61(58-38-47-20-8-9-21-49(47)51-23-11-13-25-53(51)58)48-35-33-40(34-36-48)46-32-29-44-28-31-45-30-27-43-19-7-10-22-50(43)59(45)56(44)37-46/h1-39H. The molecule has 0 bridgehead atoms. The van der Waals surface area contributed by atoms with Crippen LogP contribution in [-0.4, -0.2) is 0 Å². The fourth-order valence-corrected chi connectivity index (χ4v) is 9.71. The average molecular weight is 774 g/mol. The normalized spacial score (nSPS) is 11.6. The Hall–Kier alpha value is -8.00. The molecule has 0 unspecified atom stereocenters. The van der Waals surface area contributed by atoms with E-state index in [0.29, 0.717) is 0 Å². The topological polar surface area (TPSA) is 3.24 Å². The third-order valence-corrected chi connectivity index (χ3v) is 12.6. The van der Waals surface area contributed by atoms with E-state index in [9.17, 15) is 0 Å². The summed E-state index contributed by atoms with van der Waals surface area (Å²) in [7, 11) is 0. The van der Waals surface area contributed by atoms with Gasteiger partial charge in [-0.3, -0.25) is 0 Å². The molecule has 61 heavy (non-hydrogen) atoms. The summed E-state index contributed by atoms with van der Waals surface area (Å²) in [6.07, 6.45) is 0. The van der Waals surface area contributed by atoms with Crippen LogP contribution in [0.2, 0.25) is 0 Å². The van der Waals surface area contributed by atoms with Crippen LogP contribution in [0.1, 0.15) is 0 Å². The molecule has 0 aliphatic rings. The Bertz CT molecular complexity index is 3620. The Balaban J connectivity index is 1.13. The van der Waals surface area contributed by atoms with Crippen LogP contribution in [-0.2, 0) is 0 Å². The van der Waals surface area contributed by atoms with Crippen LogP contribution in [0.4, 0.5) is 17.1 Å². The van der Waals surface area contributed by atoms with Gasteiger partial charge in [0.15, 0.2) is 0 Å². The Morgan fingerprint density at radius 3 is 1.48 bits per heavy atom. The van der Waals surface area contributed by atoms with Crippen LogP contribution >= 0.6 is 0 Å². The summed E-state index contributed by atoms with van der Waals surface area (Å²) in [5.74, 6) is 0. The van der Waals surface area contributed by atoms with Gasteiger partial charge < -0.3 is 4.90 Å². The molecular formula is C60H39N. The molecule has 1 heteroatoms. The van der Waals surface area contributed by atoms with Gasteiger partial charge in [0.1, 0.15) is 0 Å². The summed E-state index contributed by atoms with van der Waals surface area (Å²) >= 11 is 0. The zero-order valence-electron chi connectivity index (χ0n) is 33.5. The number of anilines is 3. The summed E-state index contributed by atoms with van der Waals surface area (Å²) in [6, 6.07) is 87.0. The van der Waals surface area contributed by atoms with E-state index in [1.54, 1.807) is 0 Å². The van der Waals surface area contributed by atoms with Crippen LogP contribution in [0.5, 0.6) is 0 Å². The van der Waals surface area contributed by atoms with Gasteiger partial charge in [0.05, 0.1) is 11.4 Å². The lowest BCUT2D eigenvalue weighted by molar-refractivity contribution is 1.32. The Labute approximate surface area is 355 Å². The van der Waals surface area contributed by atoms with Crippen LogP contribution in [0.15, 0.2) is 237 Å². The van der Waals surface area contributed by atoms with Crippen molar-refractivity contribution < 1.29 is 0 Å². The maximum Gasteiger partial charge on any atom is 0.0619 e. The van der Waals surface area contributed by atoms with E-state index < -0.39 is 0 Å². The number of hydrogen-bond donors (Lipinski definition) is 0. The number of benzene rings is 12. The van der Waals surface area contributed by atoms with Crippen LogP contribution in [0.3, 0.4) is 0 Å². The molecule has 0 saturated carbocycles. The summed E-state index contributed by atoms with van der Waals surface area (Å²) in [4.78, 5) is 2.53. The van der Waals surface area contributed by atoms with Gasteiger partial charge in [0, 0.05) is 22.0 Å². The van der Waals surface area contributed by atoms with Gasteiger partial charge in [-0.25, -0.2) is 0 Å². The second kappa shape index (κ2) is 14.4. The molecule has 0 aliphatic carbocycles. The minimum atomic E-state index is 1.09. The van der Waals surface area contributed by atoms with Gasteiger partial charge in [0.25, 0.3) is 0 Å². The van der Waals surface area contributed by atoms with E-state index in [1.807, 2.05) is 0 Å². The predicted octanol–water partition coefficient (Wildman–Crippen LogP) is 17.1. The molecule has 0 saturated heterocycles. The Morgan fingerprint density at radius 2 is 0.754 bits per heavy atom. The molecule has 0 radical (unpaired) electrons. The molecule has 12 rings (SSSR count). The van der Waals surface area contributed by atoms with Crippen molar-refractivity contribution in [1.82, 2.24) is 0 Å². The van der Waals surface area contributed by atoms with Gasteiger partial charge in [-0.1, -0.05) is 206 Å². The zero-order valence-corrected chi connectivity index (χ0v) is 33.5. The molecule has 12 aromatic rings. The first-order chi connectivity index (χ1) is 30.3. The second-order valence-electron chi connectivity index (χ2n) is 16.0. The van der Waals surface area contributed by atoms with Crippen molar-refractivity contribution in [2.45, 2.75) is 0 Å². The number of fused-ring (bicyclic) bond motifs is 9. The molecule has 0 atom stereocenters. The van der Waals surface area contributed by atoms with Gasteiger partial charge in [-0.2, -0.15) is 0 Å². The molecular weight excluding hydrogens is 735 g/mol. The minimum absolute atomic E-state index is 1.09. The molecule has 0 heterocycles.